The van der Waals surface area contributed by atoms with Crippen molar-refractivity contribution in [1.82, 2.24) is 0 Å². The van der Waals surface area contributed by atoms with Gasteiger partial charge in [-0.05, 0) is 0 Å². The van der Waals surface area contributed by atoms with Gasteiger partial charge < -0.3 is 5.11 Å². The molecule has 8 heteroatoms. The smallest absolute Gasteiger partial charge is 0.337 e. The quantitative estimate of drug-likeness (QED) is 0.826. The minimum atomic E-state index is -3.93. The minimum absolute atomic E-state index is 0. The molecule has 0 aliphatic rings. The Hall–Kier alpha value is -0.300. The van der Waals surface area contributed by atoms with E-state index in [9.17, 15) is 13.2 Å². The summed E-state index contributed by atoms with van der Waals surface area (Å²) in [5.74, 6) is -1.30. The summed E-state index contributed by atoms with van der Waals surface area (Å²) in [5, 5.41) is 10.9. The van der Waals surface area contributed by atoms with Crippen molar-refractivity contribution in [1.29, 1.82) is 0 Å². The van der Waals surface area contributed by atoms with Gasteiger partial charge in [-0.3, -0.25) is 0 Å². The summed E-state index contributed by atoms with van der Waals surface area (Å²) in [6, 6.07) is 0. The second-order valence-electron chi connectivity index (χ2n) is 1.89. The van der Waals surface area contributed by atoms with Crippen molar-refractivity contribution in [2.24, 2.45) is 0 Å². The van der Waals surface area contributed by atoms with Crippen LogP contribution in [0.4, 0.5) is 0 Å². The van der Waals surface area contributed by atoms with E-state index in [-0.39, 0.29) is 22.9 Å². The van der Waals surface area contributed by atoms with Crippen molar-refractivity contribution in [3.05, 3.63) is 16.3 Å². The van der Waals surface area contributed by atoms with Gasteiger partial charge in [0.15, 0.2) is 0 Å². The Bertz CT molecular complexity index is 408. The fourth-order valence-electron chi connectivity index (χ4n) is 0.630. The van der Waals surface area contributed by atoms with Crippen molar-refractivity contribution in [2.45, 2.75) is 4.90 Å². The highest BCUT2D eigenvalue weighted by atomic mass is 35.7. The zero-order valence-corrected chi connectivity index (χ0v) is 9.13. The van der Waals surface area contributed by atoms with Crippen molar-refractivity contribution in [3.8, 4) is 0 Å². The number of hydrogen-bond donors (Lipinski definition) is 1. The Morgan fingerprint density at radius 1 is 1.46 bits per heavy atom. The van der Waals surface area contributed by atoms with E-state index < -0.39 is 15.0 Å². The molecular formula is C5H4Cl2O4S2. The number of carboxylic acid groups (broad SMARTS) is 1. The Labute approximate surface area is 89.0 Å². The summed E-state index contributed by atoms with van der Waals surface area (Å²) >= 11 is 0.977. The molecule has 0 unspecified atom stereocenters. The van der Waals surface area contributed by atoms with Crippen LogP contribution in [-0.2, 0) is 9.05 Å². The highest BCUT2D eigenvalue weighted by molar-refractivity contribution is 8.13. The Kier molecular flexibility index (Phi) is 4.18. The SMILES string of the molecule is Cl.O=C(O)c1cscc1S(=O)(=O)Cl. The molecule has 0 saturated heterocycles. The molecule has 1 aromatic rings. The van der Waals surface area contributed by atoms with E-state index in [0.717, 1.165) is 11.3 Å². The molecule has 0 aliphatic carbocycles. The van der Waals surface area contributed by atoms with E-state index >= 15 is 0 Å². The molecule has 0 aliphatic heterocycles. The van der Waals surface area contributed by atoms with Gasteiger partial charge in [0.05, 0.1) is 5.56 Å². The van der Waals surface area contributed by atoms with Gasteiger partial charge in [0.1, 0.15) is 4.90 Å². The van der Waals surface area contributed by atoms with Crippen molar-refractivity contribution in [2.75, 3.05) is 0 Å². The number of carboxylic acids is 1. The number of thiophene rings is 1. The predicted molar refractivity (Wildman–Crippen MR) is 51.6 cm³/mol. The van der Waals surface area contributed by atoms with Crippen LogP contribution < -0.4 is 0 Å². The molecule has 0 spiro atoms. The second kappa shape index (κ2) is 4.28. The number of aromatic carboxylic acids is 1. The van der Waals surface area contributed by atoms with Crippen LogP contribution in [0, 0.1) is 0 Å². The third-order valence-corrected chi connectivity index (χ3v) is 3.37. The summed E-state index contributed by atoms with van der Waals surface area (Å²) in [6.45, 7) is 0. The Morgan fingerprint density at radius 3 is 2.31 bits per heavy atom. The second-order valence-corrected chi connectivity index (χ2v) is 5.17. The van der Waals surface area contributed by atoms with Gasteiger partial charge in [-0.1, -0.05) is 0 Å². The lowest BCUT2D eigenvalue weighted by Crippen LogP contribution is -2.00. The van der Waals surface area contributed by atoms with E-state index in [2.05, 4.69) is 0 Å². The third-order valence-electron chi connectivity index (χ3n) is 1.12. The molecule has 0 amide bonds. The molecule has 74 valence electrons. The molecular weight excluding hydrogens is 259 g/mol. The van der Waals surface area contributed by atoms with Crippen LogP contribution in [0.2, 0.25) is 0 Å². The lowest BCUT2D eigenvalue weighted by molar-refractivity contribution is 0.0693. The zero-order valence-electron chi connectivity index (χ0n) is 5.93. The molecule has 13 heavy (non-hydrogen) atoms. The van der Waals surface area contributed by atoms with Gasteiger partial charge in [0.25, 0.3) is 9.05 Å². The normalized spacial score (nSPS) is 10.5. The van der Waals surface area contributed by atoms with Crippen molar-refractivity contribution in [3.63, 3.8) is 0 Å². The molecule has 1 rings (SSSR count). The van der Waals surface area contributed by atoms with Gasteiger partial charge in [0, 0.05) is 21.4 Å². The van der Waals surface area contributed by atoms with Crippen molar-refractivity contribution >= 4 is 49.4 Å². The number of carbonyl (C=O) groups is 1. The van der Waals surface area contributed by atoms with Crippen LogP contribution in [0.5, 0.6) is 0 Å². The van der Waals surface area contributed by atoms with Crippen LogP contribution in [-0.4, -0.2) is 19.5 Å². The molecule has 0 fully saturated rings. The number of rotatable bonds is 2. The molecule has 0 saturated carbocycles. The van der Waals surface area contributed by atoms with Crippen LogP contribution >= 0.6 is 34.4 Å². The van der Waals surface area contributed by atoms with Crippen molar-refractivity contribution < 1.29 is 18.3 Å². The molecule has 0 radical (unpaired) electrons. The van der Waals surface area contributed by atoms with Gasteiger partial charge in [-0.2, -0.15) is 11.3 Å². The standard InChI is InChI=1S/C5H3ClO4S2.ClH/c6-12(9,10)4-2-11-1-3(4)5(7)8;/h1-2H,(H,7,8);1H. The molecule has 1 N–H and O–H groups in total. The first-order valence-electron chi connectivity index (χ1n) is 2.67. The van der Waals surface area contributed by atoms with Crippen LogP contribution in [0.3, 0.4) is 0 Å². The molecule has 0 bridgehead atoms. The van der Waals surface area contributed by atoms with Gasteiger partial charge in [-0.25, -0.2) is 13.2 Å². The summed E-state index contributed by atoms with van der Waals surface area (Å²) in [5.41, 5.74) is -0.282. The molecule has 0 atom stereocenters. The van der Waals surface area contributed by atoms with Gasteiger partial charge >= 0.3 is 5.97 Å². The molecule has 4 nitrogen and oxygen atoms in total. The van der Waals surface area contributed by atoms with Crippen LogP contribution in [0.25, 0.3) is 0 Å². The Balaban J connectivity index is 0.00000144. The molecule has 1 aromatic heterocycles. The average molecular weight is 263 g/mol. The Morgan fingerprint density at radius 2 is 2.00 bits per heavy atom. The van der Waals surface area contributed by atoms with Crippen LogP contribution in [0.15, 0.2) is 15.7 Å². The lowest BCUT2D eigenvalue weighted by Gasteiger charge is -1.92. The van der Waals surface area contributed by atoms with E-state index in [0.29, 0.717) is 0 Å². The monoisotopic (exact) mass is 262 g/mol. The minimum Gasteiger partial charge on any atom is -0.478 e. The van der Waals surface area contributed by atoms with E-state index in [4.69, 9.17) is 15.8 Å². The summed E-state index contributed by atoms with van der Waals surface area (Å²) in [4.78, 5) is 10.1. The predicted octanol–water partition coefficient (Wildman–Crippen LogP) is 1.80. The summed E-state index contributed by atoms with van der Waals surface area (Å²) in [7, 11) is 1.03. The maximum Gasteiger partial charge on any atom is 0.337 e. The van der Waals surface area contributed by atoms with E-state index in [1.807, 2.05) is 0 Å². The highest BCUT2D eigenvalue weighted by Gasteiger charge is 2.20. The topological polar surface area (TPSA) is 71.4 Å². The lowest BCUT2D eigenvalue weighted by atomic mass is 10.3. The van der Waals surface area contributed by atoms with E-state index in [1.54, 1.807) is 0 Å². The number of halogens is 2. The fourth-order valence-corrected chi connectivity index (χ4v) is 3.00. The van der Waals surface area contributed by atoms with Crippen LogP contribution in [0.1, 0.15) is 10.4 Å². The largest absolute Gasteiger partial charge is 0.478 e. The van der Waals surface area contributed by atoms with E-state index in [1.165, 1.54) is 10.8 Å². The molecule has 0 aromatic carbocycles. The first-order valence-corrected chi connectivity index (χ1v) is 5.92. The zero-order chi connectivity index (χ0) is 9.35. The van der Waals surface area contributed by atoms with Gasteiger partial charge in [-0.15, -0.1) is 12.4 Å². The number of hydrogen-bond acceptors (Lipinski definition) is 4. The first-order chi connectivity index (χ1) is 5.43. The third kappa shape index (κ3) is 2.84. The summed E-state index contributed by atoms with van der Waals surface area (Å²) < 4.78 is 21.5. The maximum absolute atomic E-state index is 10.7. The van der Waals surface area contributed by atoms with Gasteiger partial charge in [0.2, 0.25) is 0 Å². The fraction of sp³-hybridized carbons (Fsp3) is 0. The molecule has 1 heterocycles. The highest BCUT2D eigenvalue weighted by Crippen LogP contribution is 2.23. The summed E-state index contributed by atoms with van der Waals surface area (Å²) in [6.07, 6.45) is 0. The average Bonchev–Trinajstić information content (AvgIpc) is 2.30. The first kappa shape index (κ1) is 12.7. The maximum atomic E-state index is 10.7.